The van der Waals surface area contributed by atoms with E-state index in [0.29, 0.717) is 0 Å². The van der Waals surface area contributed by atoms with Crippen LogP contribution in [0.15, 0.2) is 24.3 Å². The van der Waals surface area contributed by atoms with Crippen LogP contribution in [0.5, 0.6) is 0 Å². The van der Waals surface area contributed by atoms with Crippen LogP contribution < -0.4 is 5.32 Å². The average Bonchev–Trinajstić information content (AvgIpc) is 3.03. The van der Waals surface area contributed by atoms with Crippen LogP contribution in [-0.4, -0.2) is 59.6 Å². The van der Waals surface area contributed by atoms with Gasteiger partial charge in [-0.1, -0.05) is 19.1 Å². The number of anilines is 1. The molecule has 2 fully saturated rings. The molecule has 1 heterocycles. The molecular formula is C19H29N3O2. The van der Waals surface area contributed by atoms with Gasteiger partial charge >= 0.3 is 0 Å². The number of benzene rings is 1. The SMILES string of the molecule is CCN1CCN(Cc2ccc(NC(=O)C3CCCC3O)cc2)CC1. The van der Waals surface area contributed by atoms with Crippen LogP contribution in [0.4, 0.5) is 5.69 Å². The summed E-state index contributed by atoms with van der Waals surface area (Å²) in [7, 11) is 0. The van der Waals surface area contributed by atoms with Gasteiger partial charge < -0.3 is 15.3 Å². The van der Waals surface area contributed by atoms with Crippen LogP contribution >= 0.6 is 0 Å². The minimum Gasteiger partial charge on any atom is -0.392 e. The number of aliphatic hydroxyl groups is 1. The summed E-state index contributed by atoms with van der Waals surface area (Å²) in [6.07, 6.45) is 1.98. The van der Waals surface area contributed by atoms with Crippen molar-refractivity contribution in [1.29, 1.82) is 0 Å². The molecule has 1 amide bonds. The van der Waals surface area contributed by atoms with Crippen LogP contribution in [0.2, 0.25) is 0 Å². The summed E-state index contributed by atoms with van der Waals surface area (Å²) in [5.41, 5.74) is 2.09. The fourth-order valence-corrected chi connectivity index (χ4v) is 3.70. The molecular weight excluding hydrogens is 302 g/mol. The lowest BCUT2D eigenvalue weighted by molar-refractivity contribution is -0.122. The number of amides is 1. The molecule has 1 saturated carbocycles. The van der Waals surface area contributed by atoms with E-state index < -0.39 is 6.10 Å². The molecule has 1 aromatic rings. The maximum atomic E-state index is 12.2. The number of hydrogen-bond acceptors (Lipinski definition) is 4. The van der Waals surface area contributed by atoms with E-state index in [4.69, 9.17) is 0 Å². The summed E-state index contributed by atoms with van der Waals surface area (Å²) in [6, 6.07) is 8.12. The van der Waals surface area contributed by atoms with Gasteiger partial charge in [-0.25, -0.2) is 0 Å². The Morgan fingerprint density at radius 2 is 1.79 bits per heavy atom. The zero-order valence-corrected chi connectivity index (χ0v) is 14.6. The van der Waals surface area contributed by atoms with Gasteiger partial charge in [0, 0.05) is 38.4 Å². The molecule has 0 bridgehead atoms. The highest BCUT2D eigenvalue weighted by molar-refractivity contribution is 5.93. The van der Waals surface area contributed by atoms with E-state index in [0.717, 1.165) is 64.2 Å². The summed E-state index contributed by atoms with van der Waals surface area (Å²) in [4.78, 5) is 17.2. The topological polar surface area (TPSA) is 55.8 Å². The third kappa shape index (κ3) is 4.35. The summed E-state index contributed by atoms with van der Waals surface area (Å²) >= 11 is 0. The van der Waals surface area contributed by atoms with E-state index in [1.54, 1.807) is 0 Å². The minimum atomic E-state index is -0.480. The molecule has 5 nitrogen and oxygen atoms in total. The van der Waals surface area contributed by atoms with E-state index in [1.807, 2.05) is 12.1 Å². The number of piperazine rings is 1. The lowest BCUT2D eigenvalue weighted by atomic mass is 10.1. The monoisotopic (exact) mass is 331 g/mol. The Bertz CT molecular complexity index is 538. The van der Waals surface area contributed by atoms with E-state index in [1.165, 1.54) is 5.56 Å². The van der Waals surface area contributed by atoms with E-state index >= 15 is 0 Å². The zero-order valence-electron chi connectivity index (χ0n) is 14.6. The molecule has 2 unspecified atom stereocenters. The first-order chi connectivity index (χ1) is 11.7. The van der Waals surface area contributed by atoms with Gasteiger partial charge in [0.1, 0.15) is 0 Å². The average molecular weight is 331 g/mol. The van der Waals surface area contributed by atoms with Crippen LogP contribution in [0.3, 0.4) is 0 Å². The molecule has 1 aliphatic heterocycles. The normalized spacial score (nSPS) is 25.8. The molecule has 132 valence electrons. The summed E-state index contributed by atoms with van der Waals surface area (Å²) < 4.78 is 0. The van der Waals surface area contributed by atoms with Crippen molar-refractivity contribution in [3.8, 4) is 0 Å². The lowest BCUT2D eigenvalue weighted by Gasteiger charge is -2.34. The Morgan fingerprint density at radius 1 is 1.12 bits per heavy atom. The maximum absolute atomic E-state index is 12.2. The number of rotatable bonds is 5. The van der Waals surface area contributed by atoms with Gasteiger partial charge in [-0.05, 0) is 43.5 Å². The molecule has 1 aliphatic carbocycles. The maximum Gasteiger partial charge on any atom is 0.230 e. The van der Waals surface area contributed by atoms with Gasteiger partial charge in [-0.3, -0.25) is 9.69 Å². The summed E-state index contributed by atoms with van der Waals surface area (Å²) in [6.45, 7) is 8.85. The highest BCUT2D eigenvalue weighted by Crippen LogP contribution is 2.26. The van der Waals surface area contributed by atoms with Crippen LogP contribution in [0.25, 0.3) is 0 Å². The zero-order chi connectivity index (χ0) is 16.9. The molecule has 0 spiro atoms. The van der Waals surface area contributed by atoms with Gasteiger partial charge in [-0.2, -0.15) is 0 Å². The molecule has 24 heavy (non-hydrogen) atoms. The fraction of sp³-hybridized carbons (Fsp3) is 0.632. The van der Waals surface area contributed by atoms with Crippen molar-refractivity contribution < 1.29 is 9.90 Å². The van der Waals surface area contributed by atoms with Gasteiger partial charge in [0.25, 0.3) is 0 Å². The molecule has 5 heteroatoms. The molecule has 2 N–H and O–H groups in total. The second-order valence-electron chi connectivity index (χ2n) is 7.00. The van der Waals surface area contributed by atoms with Gasteiger partial charge in [0.15, 0.2) is 0 Å². The molecule has 2 atom stereocenters. The number of hydrogen-bond donors (Lipinski definition) is 2. The molecule has 0 aromatic heterocycles. The van der Waals surface area contributed by atoms with E-state index in [-0.39, 0.29) is 11.8 Å². The Balaban J connectivity index is 1.49. The molecule has 1 saturated heterocycles. The predicted molar refractivity (Wildman–Crippen MR) is 95.8 cm³/mol. The molecule has 3 rings (SSSR count). The molecule has 0 radical (unpaired) electrons. The summed E-state index contributed by atoms with van der Waals surface area (Å²) in [5, 5.41) is 12.8. The van der Waals surface area contributed by atoms with Crippen molar-refractivity contribution in [2.75, 3.05) is 38.0 Å². The van der Waals surface area contributed by atoms with Crippen molar-refractivity contribution in [2.45, 2.75) is 38.8 Å². The third-order valence-electron chi connectivity index (χ3n) is 5.36. The van der Waals surface area contributed by atoms with Gasteiger partial charge in [-0.15, -0.1) is 0 Å². The van der Waals surface area contributed by atoms with Gasteiger partial charge in [0.2, 0.25) is 5.91 Å². The molecule has 2 aliphatic rings. The van der Waals surface area contributed by atoms with E-state index in [9.17, 15) is 9.90 Å². The Kier molecular flexibility index (Phi) is 5.87. The number of likely N-dealkylation sites (N-methyl/N-ethyl adjacent to an activating group) is 1. The fourth-order valence-electron chi connectivity index (χ4n) is 3.70. The van der Waals surface area contributed by atoms with Crippen LogP contribution in [0, 0.1) is 5.92 Å². The number of carbonyl (C=O) groups excluding carboxylic acids is 1. The Labute approximate surface area is 144 Å². The lowest BCUT2D eigenvalue weighted by Crippen LogP contribution is -2.45. The molecule has 1 aromatic carbocycles. The van der Waals surface area contributed by atoms with Crippen LogP contribution in [0.1, 0.15) is 31.7 Å². The van der Waals surface area contributed by atoms with Crippen LogP contribution in [-0.2, 0) is 11.3 Å². The first kappa shape index (κ1) is 17.4. The first-order valence-electron chi connectivity index (χ1n) is 9.18. The first-order valence-corrected chi connectivity index (χ1v) is 9.18. The number of carbonyl (C=O) groups is 1. The van der Waals surface area contributed by atoms with Crippen molar-refractivity contribution >= 4 is 11.6 Å². The quantitative estimate of drug-likeness (QED) is 0.866. The minimum absolute atomic E-state index is 0.0524. The van der Waals surface area contributed by atoms with Crippen molar-refractivity contribution in [3.63, 3.8) is 0 Å². The predicted octanol–water partition coefficient (Wildman–Crippen LogP) is 1.92. The number of nitrogens with zero attached hydrogens (tertiary/aromatic N) is 2. The van der Waals surface area contributed by atoms with Crippen molar-refractivity contribution in [1.82, 2.24) is 9.80 Å². The van der Waals surface area contributed by atoms with E-state index in [2.05, 4.69) is 34.2 Å². The number of nitrogens with one attached hydrogen (secondary N) is 1. The van der Waals surface area contributed by atoms with Crippen molar-refractivity contribution in [3.05, 3.63) is 29.8 Å². The largest absolute Gasteiger partial charge is 0.392 e. The highest BCUT2D eigenvalue weighted by atomic mass is 16.3. The Morgan fingerprint density at radius 3 is 2.38 bits per heavy atom. The smallest absolute Gasteiger partial charge is 0.230 e. The third-order valence-corrected chi connectivity index (χ3v) is 5.36. The Hall–Kier alpha value is -1.43. The summed E-state index contributed by atoms with van der Waals surface area (Å²) in [5.74, 6) is -0.303. The standard InChI is InChI=1S/C19H29N3O2/c1-2-21-10-12-22(13-11-21)14-15-6-8-16(9-7-15)20-19(24)17-4-3-5-18(17)23/h6-9,17-18,23H,2-5,10-14H2,1H3,(H,20,24). The second kappa shape index (κ2) is 8.10. The van der Waals surface area contributed by atoms with Gasteiger partial charge in [0.05, 0.1) is 12.0 Å². The second-order valence-corrected chi connectivity index (χ2v) is 7.00. The highest BCUT2D eigenvalue weighted by Gasteiger charge is 2.31. The van der Waals surface area contributed by atoms with Crippen molar-refractivity contribution in [2.24, 2.45) is 5.92 Å². The number of aliphatic hydroxyl groups excluding tert-OH is 1.